The minimum absolute atomic E-state index is 0.654. The van der Waals surface area contributed by atoms with Gasteiger partial charge in [0.05, 0.1) is 30.4 Å². The van der Waals surface area contributed by atoms with E-state index in [1.807, 2.05) is 72.8 Å². The molecule has 132 valence electrons. The average molecular weight is 353 g/mol. The molecule has 0 heterocycles. The van der Waals surface area contributed by atoms with E-state index >= 15 is 0 Å². The molecular weight excluding hydrogens is 334 g/mol. The molecule has 0 amide bonds. The summed E-state index contributed by atoms with van der Waals surface area (Å²) in [5.41, 5.74) is 4.63. The van der Waals surface area contributed by atoms with E-state index in [0.717, 1.165) is 22.6 Å². The number of methoxy groups -OCH3 is 1. The lowest BCUT2D eigenvalue weighted by molar-refractivity contribution is 0.415. The van der Waals surface area contributed by atoms with Crippen molar-refractivity contribution < 1.29 is 4.74 Å². The maximum absolute atomic E-state index is 8.98. The molecule has 0 aromatic heterocycles. The fourth-order valence-corrected chi connectivity index (χ4v) is 2.84. The monoisotopic (exact) mass is 353 g/mol. The number of ether oxygens (including phenoxy) is 1. The van der Waals surface area contributed by atoms with E-state index < -0.39 is 0 Å². The predicted octanol–water partition coefficient (Wildman–Crippen LogP) is 4.65. The summed E-state index contributed by atoms with van der Waals surface area (Å²) < 4.78 is 5.26. The molecule has 3 aromatic rings. The highest BCUT2D eigenvalue weighted by molar-refractivity contribution is 5.50. The summed E-state index contributed by atoms with van der Waals surface area (Å²) in [5.74, 6) is 0.815. The Bertz CT molecular complexity index is 903. The molecule has 4 nitrogen and oxygen atoms in total. The molecule has 0 unspecified atom stereocenters. The van der Waals surface area contributed by atoms with E-state index in [2.05, 4.69) is 17.0 Å². The summed E-state index contributed by atoms with van der Waals surface area (Å²) in [7, 11) is 1.65. The van der Waals surface area contributed by atoms with Crippen LogP contribution in [0.2, 0.25) is 0 Å². The first-order valence-corrected chi connectivity index (χ1v) is 8.59. The van der Waals surface area contributed by atoms with Crippen molar-refractivity contribution in [3.8, 4) is 17.9 Å². The van der Waals surface area contributed by atoms with E-state index in [1.54, 1.807) is 7.11 Å². The molecule has 0 bridgehead atoms. The normalized spacial score (nSPS) is 9.89. The van der Waals surface area contributed by atoms with Gasteiger partial charge >= 0.3 is 0 Å². The van der Waals surface area contributed by atoms with Crippen molar-refractivity contribution in [2.75, 3.05) is 12.0 Å². The SMILES string of the molecule is COc1ccc(N(Cc2ccc(C#N)cc2)Cc2ccc(C#N)cc2)cc1. The van der Waals surface area contributed by atoms with Gasteiger partial charge in [0.25, 0.3) is 0 Å². The van der Waals surface area contributed by atoms with E-state index in [-0.39, 0.29) is 0 Å². The Morgan fingerprint density at radius 3 is 1.52 bits per heavy atom. The summed E-state index contributed by atoms with van der Waals surface area (Å²) in [6.07, 6.45) is 0. The van der Waals surface area contributed by atoms with Gasteiger partial charge in [-0.05, 0) is 59.7 Å². The van der Waals surface area contributed by atoms with Crippen molar-refractivity contribution in [2.45, 2.75) is 13.1 Å². The van der Waals surface area contributed by atoms with Crippen LogP contribution in [0, 0.1) is 22.7 Å². The molecule has 0 aliphatic carbocycles. The Balaban J connectivity index is 1.86. The molecule has 0 N–H and O–H groups in total. The molecule has 0 aliphatic rings. The van der Waals surface area contributed by atoms with Gasteiger partial charge in [-0.15, -0.1) is 0 Å². The molecule has 0 saturated heterocycles. The molecular formula is C23H19N3O. The average Bonchev–Trinajstić information content (AvgIpc) is 2.74. The second kappa shape index (κ2) is 8.56. The molecule has 4 heteroatoms. The van der Waals surface area contributed by atoms with Crippen molar-refractivity contribution >= 4 is 5.69 Å². The largest absolute Gasteiger partial charge is 0.497 e. The third kappa shape index (κ3) is 4.66. The van der Waals surface area contributed by atoms with Gasteiger partial charge in [-0.1, -0.05) is 24.3 Å². The van der Waals surface area contributed by atoms with E-state index in [0.29, 0.717) is 24.2 Å². The van der Waals surface area contributed by atoms with E-state index in [9.17, 15) is 0 Å². The molecule has 0 radical (unpaired) electrons. The number of nitriles is 2. The maximum Gasteiger partial charge on any atom is 0.119 e. The van der Waals surface area contributed by atoms with Crippen LogP contribution >= 0.6 is 0 Å². The summed E-state index contributed by atoms with van der Waals surface area (Å²) in [4.78, 5) is 2.25. The molecule has 0 aliphatic heterocycles. The highest BCUT2D eigenvalue weighted by Crippen LogP contribution is 2.23. The Morgan fingerprint density at radius 2 is 1.15 bits per heavy atom. The second-order valence-electron chi connectivity index (χ2n) is 6.17. The van der Waals surface area contributed by atoms with Crippen LogP contribution in [-0.2, 0) is 13.1 Å². The lowest BCUT2D eigenvalue weighted by Crippen LogP contribution is -2.22. The number of hydrogen-bond acceptors (Lipinski definition) is 4. The van der Waals surface area contributed by atoms with Gasteiger partial charge < -0.3 is 9.64 Å². The highest BCUT2D eigenvalue weighted by Gasteiger charge is 2.09. The minimum atomic E-state index is 0.654. The molecule has 0 spiro atoms. The first-order valence-electron chi connectivity index (χ1n) is 8.59. The third-order valence-electron chi connectivity index (χ3n) is 4.35. The molecule has 3 rings (SSSR count). The minimum Gasteiger partial charge on any atom is -0.497 e. The zero-order chi connectivity index (χ0) is 19.1. The van der Waals surface area contributed by atoms with Crippen LogP contribution in [0.4, 0.5) is 5.69 Å². The van der Waals surface area contributed by atoms with Crippen molar-refractivity contribution in [3.05, 3.63) is 95.1 Å². The molecule has 0 atom stereocenters. The Kier molecular flexibility index (Phi) is 5.72. The molecule has 0 saturated carbocycles. The van der Waals surface area contributed by atoms with Crippen LogP contribution in [0.15, 0.2) is 72.8 Å². The van der Waals surface area contributed by atoms with Gasteiger partial charge in [-0.2, -0.15) is 10.5 Å². The summed E-state index contributed by atoms with van der Waals surface area (Å²) in [6.45, 7) is 1.41. The van der Waals surface area contributed by atoms with Gasteiger partial charge in [-0.3, -0.25) is 0 Å². The Labute approximate surface area is 159 Å². The van der Waals surface area contributed by atoms with Gasteiger partial charge in [0.2, 0.25) is 0 Å². The zero-order valence-electron chi connectivity index (χ0n) is 15.1. The Morgan fingerprint density at radius 1 is 0.704 bits per heavy atom. The number of nitrogens with zero attached hydrogens (tertiary/aromatic N) is 3. The lowest BCUT2D eigenvalue weighted by atomic mass is 10.1. The smallest absolute Gasteiger partial charge is 0.119 e. The van der Waals surface area contributed by atoms with Crippen LogP contribution in [0.5, 0.6) is 5.75 Å². The number of benzene rings is 3. The zero-order valence-corrected chi connectivity index (χ0v) is 15.1. The van der Waals surface area contributed by atoms with Crippen LogP contribution in [0.1, 0.15) is 22.3 Å². The first-order chi connectivity index (χ1) is 13.2. The van der Waals surface area contributed by atoms with Crippen LogP contribution in [-0.4, -0.2) is 7.11 Å². The standard InChI is InChI=1S/C23H19N3O/c1-27-23-12-10-22(11-13-23)26(16-20-6-2-18(14-24)3-7-20)17-21-8-4-19(15-25)5-9-21/h2-13H,16-17H2,1H3. The molecule has 3 aromatic carbocycles. The van der Waals surface area contributed by atoms with Gasteiger partial charge in [0.15, 0.2) is 0 Å². The third-order valence-corrected chi connectivity index (χ3v) is 4.35. The van der Waals surface area contributed by atoms with Gasteiger partial charge in [0.1, 0.15) is 5.75 Å². The Hall–Kier alpha value is -3.76. The number of anilines is 1. The van der Waals surface area contributed by atoms with Crippen molar-refractivity contribution in [1.82, 2.24) is 0 Å². The first kappa shape index (κ1) is 18.0. The summed E-state index contributed by atoms with van der Waals surface area (Å²) in [5, 5.41) is 18.0. The number of rotatable bonds is 6. The summed E-state index contributed by atoms with van der Waals surface area (Å²) >= 11 is 0. The topological polar surface area (TPSA) is 60.0 Å². The van der Waals surface area contributed by atoms with Crippen LogP contribution in [0.3, 0.4) is 0 Å². The van der Waals surface area contributed by atoms with Crippen molar-refractivity contribution in [2.24, 2.45) is 0 Å². The molecule has 27 heavy (non-hydrogen) atoms. The van der Waals surface area contributed by atoms with E-state index in [1.165, 1.54) is 0 Å². The highest BCUT2D eigenvalue weighted by atomic mass is 16.5. The fraction of sp³-hybridized carbons (Fsp3) is 0.130. The lowest BCUT2D eigenvalue weighted by Gasteiger charge is -2.25. The fourth-order valence-electron chi connectivity index (χ4n) is 2.84. The van der Waals surface area contributed by atoms with Crippen molar-refractivity contribution in [3.63, 3.8) is 0 Å². The predicted molar refractivity (Wildman–Crippen MR) is 105 cm³/mol. The second-order valence-corrected chi connectivity index (χ2v) is 6.17. The molecule has 0 fully saturated rings. The van der Waals surface area contributed by atoms with Gasteiger partial charge in [0, 0.05) is 18.8 Å². The summed E-state index contributed by atoms with van der Waals surface area (Å²) in [6, 6.07) is 27.5. The number of hydrogen-bond donors (Lipinski definition) is 0. The van der Waals surface area contributed by atoms with E-state index in [4.69, 9.17) is 15.3 Å². The maximum atomic E-state index is 8.98. The van der Waals surface area contributed by atoms with Crippen LogP contribution in [0.25, 0.3) is 0 Å². The van der Waals surface area contributed by atoms with Crippen molar-refractivity contribution in [1.29, 1.82) is 10.5 Å². The van der Waals surface area contributed by atoms with Gasteiger partial charge in [-0.25, -0.2) is 0 Å². The van der Waals surface area contributed by atoms with Crippen LogP contribution < -0.4 is 9.64 Å². The quantitative estimate of drug-likeness (QED) is 0.647.